The predicted octanol–water partition coefficient (Wildman–Crippen LogP) is 6.25. The Labute approximate surface area is 179 Å². The zero-order valence-electron chi connectivity index (χ0n) is 17.6. The first-order valence-electron chi connectivity index (χ1n) is 11.4. The minimum atomic E-state index is -0.0960. The Morgan fingerprint density at radius 2 is 1.47 bits per heavy atom. The average molecular weight is 409 g/mol. The van der Waals surface area contributed by atoms with Crippen molar-refractivity contribution in [1.82, 2.24) is 0 Å². The molecule has 0 N–H and O–H groups in total. The number of hydrogen-bond acceptors (Lipinski definition) is 4. The highest BCUT2D eigenvalue weighted by atomic mass is 16.7. The summed E-state index contributed by atoms with van der Waals surface area (Å²) in [6.45, 7) is 0.332. The molecule has 4 nitrogen and oxygen atoms in total. The molecule has 0 aromatic heterocycles. The Hall–Kier alpha value is -2.33. The highest BCUT2D eigenvalue weighted by molar-refractivity contribution is 5.75. The van der Waals surface area contributed by atoms with Crippen molar-refractivity contribution in [3.8, 4) is 11.5 Å². The van der Waals surface area contributed by atoms with Crippen LogP contribution in [-0.4, -0.2) is 18.9 Å². The minimum Gasteiger partial charge on any atom is -0.468 e. The van der Waals surface area contributed by atoms with Crippen molar-refractivity contribution in [3.63, 3.8) is 0 Å². The van der Waals surface area contributed by atoms with E-state index in [1.807, 2.05) is 42.5 Å². The fraction of sp³-hybridized carbons (Fsp3) is 0.500. The highest BCUT2D eigenvalue weighted by Gasteiger charge is 2.28. The number of hydrogen-bond donors (Lipinski definition) is 0. The molecule has 2 aromatic carbocycles. The summed E-state index contributed by atoms with van der Waals surface area (Å²) in [5.41, 5.74) is 1.32. The molecule has 0 atom stereocenters. The number of benzene rings is 2. The van der Waals surface area contributed by atoms with E-state index in [1.54, 1.807) is 0 Å². The summed E-state index contributed by atoms with van der Waals surface area (Å²) in [5, 5.41) is 0. The molecule has 2 aromatic rings. The van der Waals surface area contributed by atoms with Crippen LogP contribution in [0.1, 0.15) is 69.3 Å². The van der Waals surface area contributed by atoms with Gasteiger partial charge in [0.15, 0.2) is 6.79 Å². The van der Waals surface area contributed by atoms with E-state index in [2.05, 4.69) is 12.1 Å². The average Bonchev–Trinajstić information content (AvgIpc) is 2.81. The molecule has 4 heteroatoms. The smallest absolute Gasteiger partial charge is 0.314 e. The molecule has 0 radical (unpaired) electrons. The van der Waals surface area contributed by atoms with E-state index >= 15 is 0 Å². The van der Waals surface area contributed by atoms with E-state index in [9.17, 15) is 4.79 Å². The van der Waals surface area contributed by atoms with Crippen molar-refractivity contribution in [3.05, 3.63) is 60.2 Å². The summed E-state index contributed by atoms with van der Waals surface area (Å²) in [5.74, 6) is 1.89. The number of carbonyl (C=O) groups is 1. The monoisotopic (exact) mass is 408 g/mol. The molecular formula is C26H32O4. The van der Waals surface area contributed by atoms with Crippen LogP contribution < -0.4 is 9.47 Å². The molecule has 2 aliphatic rings. The van der Waals surface area contributed by atoms with Gasteiger partial charge in [-0.15, -0.1) is 0 Å². The number of ether oxygens (including phenoxy) is 3. The van der Waals surface area contributed by atoms with Gasteiger partial charge >= 0.3 is 5.97 Å². The second-order valence-electron chi connectivity index (χ2n) is 8.54. The van der Waals surface area contributed by atoms with Gasteiger partial charge in [0.2, 0.25) is 0 Å². The molecule has 160 valence electrons. The van der Waals surface area contributed by atoms with Crippen LogP contribution in [0.3, 0.4) is 0 Å². The Morgan fingerprint density at radius 1 is 0.767 bits per heavy atom. The molecule has 2 saturated carbocycles. The van der Waals surface area contributed by atoms with E-state index in [-0.39, 0.29) is 11.9 Å². The Balaban J connectivity index is 1.20. The highest BCUT2D eigenvalue weighted by Crippen LogP contribution is 2.37. The van der Waals surface area contributed by atoms with Gasteiger partial charge in [0, 0.05) is 0 Å². The lowest BCUT2D eigenvalue weighted by Crippen LogP contribution is -2.25. The van der Waals surface area contributed by atoms with Gasteiger partial charge in [0.05, 0.1) is 12.0 Å². The summed E-state index contributed by atoms with van der Waals surface area (Å²) >= 11 is 0. The Morgan fingerprint density at radius 3 is 2.17 bits per heavy atom. The van der Waals surface area contributed by atoms with Gasteiger partial charge in [0.1, 0.15) is 11.5 Å². The molecule has 4 rings (SSSR count). The fourth-order valence-electron chi connectivity index (χ4n) is 4.62. The normalized spacial score (nSPS) is 22.4. The van der Waals surface area contributed by atoms with Crippen LogP contribution in [0, 0.1) is 5.92 Å². The van der Waals surface area contributed by atoms with E-state index in [0.717, 1.165) is 44.3 Å². The second-order valence-corrected chi connectivity index (χ2v) is 8.54. The fourth-order valence-corrected chi connectivity index (χ4v) is 4.62. The molecule has 2 aliphatic carbocycles. The van der Waals surface area contributed by atoms with Gasteiger partial charge in [0.25, 0.3) is 0 Å². The van der Waals surface area contributed by atoms with Crippen molar-refractivity contribution < 1.29 is 19.0 Å². The van der Waals surface area contributed by atoms with Crippen LogP contribution in [0.2, 0.25) is 0 Å². The first kappa shape index (κ1) is 20.9. The van der Waals surface area contributed by atoms with Crippen molar-refractivity contribution in [2.75, 3.05) is 6.79 Å². The lowest BCUT2D eigenvalue weighted by atomic mass is 9.79. The van der Waals surface area contributed by atoms with Crippen molar-refractivity contribution in [2.24, 2.45) is 5.92 Å². The van der Waals surface area contributed by atoms with Gasteiger partial charge in [-0.25, -0.2) is 0 Å². The maximum absolute atomic E-state index is 12.4. The van der Waals surface area contributed by atoms with Gasteiger partial charge < -0.3 is 14.2 Å². The first-order chi connectivity index (χ1) is 14.8. The molecule has 30 heavy (non-hydrogen) atoms. The molecule has 0 bridgehead atoms. The number of carbonyl (C=O) groups excluding carboxylic acids is 1. The first-order valence-corrected chi connectivity index (χ1v) is 11.4. The van der Waals surface area contributed by atoms with Crippen LogP contribution in [0.25, 0.3) is 0 Å². The zero-order chi connectivity index (χ0) is 20.6. The number of rotatable bonds is 7. The lowest BCUT2D eigenvalue weighted by Gasteiger charge is -2.27. The van der Waals surface area contributed by atoms with Crippen molar-refractivity contribution in [2.45, 2.75) is 69.8 Å². The minimum absolute atomic E-state index is 0.000925. The van der Waals surface area contributed by atoms with Crippen molar-refractivity contribution >= 4 is 5.97 Å². The predicted molar refractivity (Wildman–Crippen MR) is 117 cm³/mol. The molecule has 2 fully saturated rings. The number of para-hydroxylation sites is 1. The Kier molecular flexibility index (Phi) is 7.41. The van der Waals surface area contributed by atoms with Gasteiger partial charge in [-0.05, 0) is 74.3 Å². The van der Waals surface area contributed by atoms with Gasteiger partial charge in [-0.3, -0.25) is 4.79 Å². The van der Waals surface area contributed by atoms with E-state index in [0.29, 0.717) is 24.6 Å². The van der Waals surface area contributed by atoms with Crippen LogP contribution in [0.15, 0.2) is 54.6 Å². The van der Waals surface area contributed by atoms with Crippen LogP contribution in [-0.2, 0) is 9.53 Å². The van der Waals surface area contributed by atoms with Crippen LogP contribution >= 0.6 is 0 Å². The van der Waals surface area contributed by atoms with E-state index in [1.165, 1.54) is 24.8 Å². The van der Waals surface area contributed by atoms with Crippen molar-refractivity contribution in [1.29, 1.82) is 0 Å². The standard InChI is InChI=1S/C26H32O4/c27-26(30-25-9-5-2-6-10-25)22-13-11-20(12-14-22)21-15-17-24(18-16-21)29-19-28-23-7-3-1-4-8-23/h2,5-6,9-10,15-18,20,22-23H,1,3-4,7-8,11-14,19H2. The molecule has 0 unspecified atom stereocenters. The molecule has 0 aliphatic heterocycles. The quantitative estimate of drug-likeness (QED) is 0.308. The molecular weight excluding hydrogens is 376 g/mol. The molecule has 0 saturated heterocycles. The van der Waals surface area contributed by atoms with E-state index in [4.69, 9.17) is 14.2 Å². The van der Waals surface area contributed by atoms with Crippen LogP contribution in [0.4, 0.5) is 0 Å². The maximum atomic E-state index is 12.4. The third-order valence-corrected chi connectivity index (χ3v) is 6.46. The van der Waals surface area contributed by atoms with Crippen LogP contribution in [0.5, 0.6) is 11.5 Å². The summed E-state index contributed by atoms with van der Waals surface area (Å²) in [6, 6.07) is 17.7. The lowest BCUT2D eigenvalue weighted by molar-refractivity contribution is -0.140. The van der Waals surface area contributed by atoms with Gasteiger partial charge in [-0.1, -0.05) is 49.6 Å². The molecule has 0 amide bonds. The Bertz CT molecular complexity index is 772. The molecule has 0 spiro atoms. The largest absolute Gasteiger partial charge is 0.468 e. The maximum Gasteiger partial charge on any atom is 0.314 e. The summed E-state index contributed by atoms with van der Waals surface area (Å²) in [6.07, 6.45) is 10.3. The second kappa shape index (κ2) is 10.6. The SMILES string of the molecule is O=C(Oc1ccccc1)C1CCC(c2ccc(OCOC3CCCCC3)cc2)CC1. The third-order valence-electron chi connectivity index (χ3n) is 6.46. The summed E-state index contributed by atoms with van der Waals surface area (Å²) in [4.78, 5) is 12.4. The number of esters is 1. The molecule has 0 heterocycles. The topological polar surface area (TPSA) is 44.8 Å². The van der Waals surface area contributed by atoms with Gasteiger partial charge in [-0.2, -0.15) is 0 Å². The summed E-state index contributed by atoms with van der Waals surface area (Å²) < 4.78 is 17.1. The van der Waals surface area contributed by atoms with E-state index < -0.39 is 0 Å². The third kappa shape index (κ3) is 5.85. The summed E-state index contributed by atoms with van der Waals surface area (Å²) in [7, 11) is 0. The zero-order valence-corrected chi connectivity index (χ0v) is 17.6.